The van der Waals surface area contributed by atoms with E-state index in [1.807, 2.05) is 24.3 Å². The third-order valence-electron chi connectivity index (χ3n) is 5.66. The zero-order chi connectivity index (χ0) is 18.4. The number of nitrogens with one attached hydrogen (secondary N) is 1. The summed E-state index contributed by atoms with van der Waals surface area (Å²) >= 11 is 0. The quantitative estimate of drug-likeness (QED) is 0.688. The highest BCUT2D eigenvalue weighted by atomic mass is 35.5. The molecule has 0 radical (unpaired) electrons. The Labute approximate surface area is 180 Å². The number of ether oxygens (including phenoxy) is 1. The van der Waals surface area contributed by atoms with Crippen LogP contribution in [0.2, 0.25) is 0 Å². The minimum atomic E-state index is -0.954. The van der Waals surface area contributed by atoms with Crippen molar-refractivity contribution in [1.29, 1.82) is 0 Å². The van der Waals surface area contributed by atoms with Crippen LogP contribution in [-0.4, -0.2) is 68.4 Å². The van der Waals surface area contributed by atoms with Gasteiger partial charge in [0.2, 0.25) is 0 Å². The van der Waals surface area contributed by atoms with Crippen LogP contribution in [0.5, 0.6) is 5.75 Å². The van der Waals surface area contributed by atoms with Crippen molar-refractivity contribution < 1.29 is 14.6 Å². The van der Waals surface area contributed by atoms with Crippen LogP contribution in [0, 0.1) is 5.92 Å². The Morgan fingerprint density at radius 1 is 1.14 bits per heavy atom. The van der Waals surface area contributed by atoms with Gasteiger partial charge in [0.15, 0.2) is 6.61 Å². The molecule has 0 aromatic heterocycles. The van der Waals surface area contributed by atoms with Crippen LogP contribution in [0.25, 0.3) is 0 Å². The molecule has 3 rings (SSSR count). The van der Waals surface area contributed by atoms with E-state index in [2.05, 4.69) is 22.2 Å². The van der Waals surface area contributed by atoms with Crippen LogP contribution >= 0.6 is 24.8 Å². The molecule has 0 aliphatic carbocycles. The predicted octanol–water partition coefficient (Wildman–Crippen LogP) is 2.89. The molecule has 0 unspecified atom stereocenters. The van der Waals surface area contributed by atoms with Crippen molar-refractivity contribution in [1.82, 2.24) is 10.2 Å². The number of piperidine rings is 2. The molecule has 0 saturated carbocycles. The Balaban J connectivity index is 0.00000196. The summed E-state index contributed by atoms with van der Waals surface area (Å²) in [4.78, 5) is 15.6. The van der Waals surface area contributed by atoms with Gasteiger partial charge in [-0.3, -0.25) is 0 Å². The molecule has 2 heterocycles. The molecule has 0 amide bonds. The zero-order valence-corrected chi connectivity index (χ0v) is 18.1. The summed E-state index contributed by atoms with van der Waals surface area (Å²) in [6, 6.07) is 8.44. The number of anilines is 1. The summed E-state index contributed by atoms with van der Waals surface area (Å²) in [7, 11) is 2.29. The molecule has 2 aliphatic rings. The third kappa shape index (κ3) is 7.32. The second-order valence-electron chi connectivity index (χ2n) is 7.53. The zero-order valence-electron chi connectivity index (χ0n) is 16.5. The minimum Gasteiger partial charge on any atom is -0.482 e. The molecule has 1 aromatic rings. The van der Waals surface area contributed by atoms with Crippen molar-refractivity contribution in [2.75, 3.05) is 51.3 Å². The van der Waals surface area contributed by atoms with Gasteiger partial charge < -0.3 is 25.0 Å². The van der Waals surface area contributed by atoms with E-state index in [1.165, 1.54) is 51.0 Å². The second-order valence-corrected chi connectivity index (χ2v) is 7.53. The average molecular weight is 434 g/mol. The topological polar surface area (TPSA) is 65.0 Å². The number of carboxylic acids is 1. The molecule has 28 heavy (non-hydrogen) atoms. The number of aliphatic carboxylic acids is 1. The normalized spacial score (nSPS) is 18.3. The van der Waals surface area contributed by atoms with E-state index < -0.39 is 5.97 Å². The van der Waals surface area contributed by atoms with Gasteiger partial charge >= 0.3 is 5.97 Å². The van der Waals surface area contributed by atoms with Crippen molar-refractivity contribution >= 4 is 36.5 Å². The SMILES string of the molecule is CN(CC1CCNCC1)C1CCN(c2ccc(OCC(=O)O)cc2)CC1.Cl.Cl. The van der Waals surface area contributed by atoms with Crippen LogP contribution in [0.3, 0.4) is 0 Å². The fourth-order valence-corrected chi connectivity index (χ4v) is 4.08. The van der Waals surface area contributed by atoms with E-state index in [-0.39, 0.29) is 31.4 Å². The number of halogens is 2. The molecule has 2 aliphatic heterocycles. The minimum absolute atomic E-state index is 0. The van der Waals surface area contributed by atoms with Gasteiger partial charge in [0, 0.05) is 31.4 Å². The van der Waals surface area contributed by atoms with E-state index in [1.54, 1.807) is 0 Å². The number of rotatable bonds is 7. The Bertz CT molecular complexity index is 575. The predicted molar refractivity (Wildman–Crippen MR) is 118 cm³/mol. The summed E-state index contributed by atoms with van der Waals surface area (Å²) in [5, 5.41) is 12.1. The summed E-state index contributed by atoms with van der Waals surface area (Å²) in [6.07, 6.45) is 5.00. The van der Waals surface area contributed by atoms with Gasteiger partial charge in [-0.15, -0.1) is 24.8 Å². The van der Waals surface area contributed by atoms with Gasteiger partial charge in [-0.25, -0.2) is 4.79 Å². The first kappa shape index (κ1) is 24.8. The van der Waals surface area contributed by atoms with Crippen LogP contribution in [0.15, 0.2) is 24.3 Å². The van der Waals surface area contributed by atoms with E-state index in [0.717, 1.165) is 19.0 Å². The maximum Gasteiger partial charge on any atom is 0.341 e. The van der Waals surface area contributed by atoms with Gasteiger partial charge in [-0.1, -0.05) is 0 Å². The third-order valence-corrected chi connectivity index (χ3v) is 5.66. The van der Waals surface area contributed by atoms with Gasteiger partial charge in [0.05, 0.1) is 0 Å². The first-order valence-electron chi connectivity index (χ1n) is 9.72. The van der Waals surface area contributed by atoms with E-state index in [9.17, 15) is 4.79 Å². The van der Waals surface area contributed by atoms with Crippen molar-refractivity contribution in [3.8, 4) is 5.75 Å². The van der Waals surface area contributed by atoms with Crippen LogP contribution in [0.4, 0.5) is 5.69 Å². The molecule has 2 N–H and O–H groups in total. The smallest absolute Gasteiger partial charge is 0.341 e. The molecule has 8 heteroatoms. The molecule has 0 atom stereocenters. The molecule has 2 saturated heterocycles. The Morgan fingerprint density at radius 2 is 1.75 bits per heavy atom. The molecule has 0 spiro atoms. The van der Waals surface area contributed by atoms with E-state index in [4.69, 9.17) is 9.84 Å². The maximum atomic E-state index is 10.6. The number of hydrogen-bond donors (Lipinski definition) is 2. The Kier molecular flexibility index (Phi) is 11.0. The molecule has 6 nitrogen and oxygen atoms in total. The van der Waals surface area contributed by atoms with Crippen molar-refractivity contribution in [3.05, 3.63) is 24.3 Å². The average Bonchev–Trinajstić information content (AvgIpc) is 2.68. The summed E-state index contributed by atoms with van der Waals surface area (Å²) < 4.78 is 5.20. The van der Waals surface area contributed by atoms with Crippen LogP contribution in [-0.2, 0) is 4.79 Å². The highest BCUT2D eigenvalue weighted by Crippen LogP contribution is 2.25. The number of hydrogen-bond acceptors (Lipinski definition) is 5. The lowest BCUT2D eigenvalue weighted by Gasteiger charge is -2.39. The van der Waals surface area contributed by atoms with Crippen molar-refractivity contribution in [2.24, 2.45) is 5.92 Å². The lowest BCUT2D eigenvalue weighted by atomic mass is 9.95. The molecule has 2 fully saturated rings. The second kappa shape index (κ2) is 12.4. The number of benzene rings is 1. The van der Waals surface area contributed by atoms with E-state index in [0.29, 0.717) is 11.8 Å². The Hall–Kier alpha value is -1.21. The molecule has 0 bridgehead atoms. The Morgan fingerprint density at radius 3 is 2.32 bits per heavy atom. The molecule has 160 valence electrons. The number of carboxylic acid groups (broad SMARTS) is 1. The van der Waals surface area contributed by atoms with Gasteiger partial charge in [0.25, 0.3) is 0 Å². The first-order chi connectivity index (χ1) is 12.6. The number of carbonyl (C=O) groups is 1. The van der Waals surface area contributed by atoms with E-state index >= 15 is 0 Å². The van der Waals surface area contributed by atoms with Gasteiger partial charge in [-0.2, -0.15) is 0 Å². The summed E-state index contributed by atoms with van der Waals surface area (Å²) in [5.74, 6) is 0.495. The molecular formula is C20H33Cl2N3O3. The highest BCUT2D eigenvalue weighted by molar-refractivity contribution is 5.85. The lowest BCUT2D eigenvalue weighted by Crippen LogP contribution is -2.45. The van der Waals surface area contributed by atoms with Crippen molar-refractivity contribution in [3.63, 3.8) is 0 Å². The monoisotopic (exact) mass is 433 g/mol. The molecular weight excluding hydrogens is 401 g/mol. The fourth-order valence-electron chi connectivity index (χ4n) is 4.08. The standard InChI is InChI=1S/C20H31N3O3.2ClH/c1-22(14-16-6-10-21-11-7-16)17-8-12-23(13-9-17)18-2-4-19(5-3-18)26-15-20(24)25;;/h2-5,16-17,21H,6-15H2,1H3,(H,24,25);2*1H. The number of nitrogens with zero attached hydrogens (tertiary/aromatic N) is 2. The first-order valence-corrected chi connectivity index (χ1v) is 9.72. The summed E-state index contributed by atoms with van der Waals surface area (Å²) in [6.45, 7) is 5.40. The van der Waals surface area contributed by atoms with Crippen molar-refractivity contribution in [2.45, 2.75) is 31.7 Å². The van der Waals surface area contributed by atoms with Crippen LogP contribution in [0.1, 0.15) is 25.7 Å². The van der Waals surface area contributed by atoms with Crippen LogP contribution < -0.4 is 15.0 Å². The fraction of sp³-hybridized carbons (Fsp3) is 0.650. The molecule has 1 aromatic carbocycles. The largest absolute Gasteiger partial charge is 0.482 e. The summed E-state index contributed by atoms with van der Waals surface area (Å²) in [5.41, 5.74) is 1.19. The van der Waals surface area contributed by atoms with Gasteiger partial charge in [0.1, 0.15) is 5.75 Å². The van der Waals surface area contributed by atoms with Gasteiger partial charge in [-0.05, 0) is 76.0 Å². The highest BCUT2D eigenvalue weighted by Gasteiger charge is 2.25. The maximum absolute atomic E-state index is 10.6. The lowest BCUT2D eigenvalue weighted by molar-refractivity contribution is -0.139.